The van der Waals surface area contributed by atoms with Gasteiger partial charge >= 0.3 is 0 Å². The molecule has 5 rings (SSSR count). The summed E-state index contributed by atoms with van der Waals surface area (Å²) in [5, 5.41) is 17.4. The van der Waals surface area contributed by atoms with E-state index in [4.69, 9.17) is 0 Å². The van der Waals surface area contributed by atoms with E-state index in [9.17, 15) is 5.26 Å². The largest absolute Gasteiger partial charge is 0.356 e. The molecule has 0 bridgehead atoms. The molecule has 2 saturated heterocycles. The van der Waals surface area contributed by atoms with Gasteiger partial charge in [-0.25, -0.2) is 9.97 Å². The van der Waals surface area contributed by atoms with Crippen LogP contribution in [0.4, 0.5) is 11.6 Å². The second kappa shape index (κ2) is 5.66. The molecule has 0 N–H and O–H groups in total. The third kappa shape index (κ3) is 2.58. The number of nitrogens with zero attached hydrogens (tertiary/aromatic N) is 7. The predicted octanol–water partition coefficient (Wildman–Crippen LogP) is 1.59. The molecule has 2 atom stereocenters. The highest BCUT2D eigenvalue weighted by Crippen LogP contribution is 2.40. The Morgan fingerprint density at radius 3 is 2.52 bits per heavy atom. The first kappa shape index (κ1) is 14.6. The fourth-order valence-corrected chi connectivity index (χ4v) is 4.14. The Kier molecular flexibility index (Phi) is 3.30. The summed E-state index contributed by atoms with van der Waals surface area (Å²) < 4.78 is 0. The standard InChI is InChI=1S/C18H19N7/c19-6-13-3-4-22-23-18(13)25-9-14-7-24(8-15(14)10-25)17-5-16(12-1-2-12)20-11-21-17/h3-5,11-12,14-15H,1-2,7-10H2. The van der Waals surface area contributed by atoms with E-state index in [1.807, 2.05) is 0 Å². The van der Waals surface area contributed by atoms with Gasteiger partial charge in [-0.05, 0) is 18.9 Å². The smallest absolute Gasteiger partial charge is 0.169 e. The maximum absolute atomic E-state index is 9.28. The summed E-state index contributed by atoms with van der Waals surface area (Å²) in [6.07, 6.45) is 5.81. The van der Waals surface area contributed by atoms with Crippen molar-refractivity contribution in [2.45, 2.75) is 18.8 Å². The van der Waals surface area contributed by atoms with Gasteiger partial charge in [0.1, 0.15) is 18.2 Å². The summed E-state index contributed by atoms with van der Waals surface area (Å²) in [5.74, 6) is 3.60. The molecule has 0 amide bonds. The molecule has 0 aromatic carbocycles. The molecule has 0 spiro atoms. The van der Waals surface area contributed by atoms with Crippen LogP contribution in [-0.4, -0.2) is 46.3 Å². The molecule has 0 radical (unpaired) electrons. The van der Waals surface area contributed by atoms with Crippen LogP contribution in [0.5, 0.6) is 0 Å². The SMILES string of the molecule is N#Cc1ccnnc1N1CC2CN(c3cc(C4CC4)ncn3)CC2C1. The first-order valence-electron chi connectivity index (χ1n) is 8.85. The van der Waals surface area contributed by atoms with Crippen molar-refractivity contribution in [1.82, 2.24) is 20.2 Å². The molecular formula is C18H19N7. The molecule has 2 aliphatic heterocycles. The van der Waals surface area contributed by atoms with Crippen molar-refractivity contribution in [3.8, 4) is 6.07 Å². The van der Waals surface area contributed by atoms with E-state index in [1.54, 1.807) is 18.6 Å². The van der Waals surface area contributed by atoms with Crippen molar-refractivity contribution in [1.29, 1.82) is 5.26 Å². The van der Waals surface area contributed by atoms with Gasteiger partial charge in [0.05, 0.1) is 11.8 Å². The van der Waals surface area contributed by atoms with E-state index in [-0.39, 0.29) is 0 Å². The van der Waals surface area contributed by atoms with Crippen LogP contribution in [0.2, 0.25) is 0 Å². The lowest BCUT2D eigenvalue weighted by Crippen LogP contribution is -2.30. The Bertz CT molecular complexity index is 827. The first-order chi connectivity index (χ1) is 12.3. The molecule has 7 heteroatoms. The number of rotatable bonds is 3. The van der Waals surface area contributed by atoms with E-state index in [2.05, 4.69) is 42.1 Å². The normalized spacial score (nSPS) is 25.1. The van der Waals surface area contributed by atoms with Gasteiger partial charge in [-0.1, -0.05) is 0 Å². The molecule has 2 aromatic heterocycles. The minimum atomic E-state index is 0.577. The van der Waals surface area contributed by atoms with Gasteiger partial charge in [-0.15, -0.1) is 5.10 Å². The Hall–Kier alpha value is -2.75. The summed E-state index contributed by atoms with van der Waals surface area (Å²) >= 11 is 0. The van der Waals surface area contributed by atoms with E-state index in [0.717, 1.165) is 37.8 Å². The average molecular weight is 333 g/mol. The summed E-state index contributed by atoms with van der Waals surface area (Å²) in [6.45, 7) is 3.86. The van der Waals surface area contributed by atoms with Gasteiger partial charge in [0, 0.05) is 55.7 Å². The number of anilines is 2. The van der Waals surface area contributed by atoms with Gasteiger partial charge in [-0.3, -0.25) is 0 Å². The fraction of sp³-hybridized carbons (Fsp3) is 0.500. The molecular weight excluding hydrogens is 314 g/mol. The van der Waals surface area contributed by atoms with Crippen molar-refractivity contribution < 1.29 is 0 Å². The number of nitriles is 1. The van der Waals surface area contributed by atoms with Gasteiger partial charge in [-0.2, -0.15) is 10.4 Å². The van der Waals surface area contributed by atoms with Crippen LogP contribution in [0.1, 0.15) is 30.0 Å². The third-order valence-electron chi connectivity index (χ3n) is 5.60. The van der Waals surface area contributed by atoms with E-state index >= 15 is 0 Å². The topological polar surface area (TPSA) is 81.8 Å². The molecule has 126 valence electrons. The van der Waals surface area contributed by atoms with E-state index in [0.29, 0.717) is 23.3 Å². The minimum absolute atomic E-state index is 0.577. The van der Waals surface area contributed by atoms with Crippen LogP contribution in [-0.2, 0) is 0 Å². The van der Waals surface area contributed by atoms with Crippen LogP contribution in [0.3, 0.4) is 0 Å². The molecule has 2 unspecified atom stereocenters. The number of hydrogen-bond donors (Lipinski definition) is 0. The summed E-state index contributed by atoms with van der Waals surface area (Å²) in [4.78, 5) is 13.5. The second-order valence-electron chi connectivity index (χ2n) is 7.29. The zero-order valence-electron chi connectivity index (χ0n) is 13.9. The van der Waals surface area contributed by atoms with Crippen LogP contribution >= 0.6 is 0 Å². The Morgan fingerprint density at radius 2 is 1.80 bits per heavy atom. The Labute approximate surface area is 146 Å². The zero-order valence-corrected chi connectivity index (χ0v) is 13.9. The monoisotopic (exact) mass is 333 g/mol. The van der Waals surface area contributed by atoms with Crippen molar-refractivity contribution in [2.75, 3.05) is 36.0 Å². The van der Waals surface area contributed by atoms with Crippen molar-refractivity contribution in [2.24, 2.45) is 11.8 Å². The Balaban J connectivity index is 1.31. The lowest BCUT2D eigenvalue weighted by atomic mass is 10.0. The van der Waals surface area contributed by atoms with Gasteiger partial charge in [0.15, 0.2) is 5.82 Å². The maximum atomic E-state index is 9.28. The molecule has 3 aliphatic rings. The highest BCUT2D eigenvalue weighted by atomic mass is 15.3. The van der Waals surface area contributed by atoms with Crippen molar-refractivity contribution in [3.63, 3.8) is 0 Å². The summed E-state index contributed by atoms with van der Waals surface area (Å²) in [5.41, 5.74) is 1.80. The summed E-state index contributed by atoms with van der Waals surface area (Å²) in [6, 6.07) is 6.14. The molecule has 1 aliphatic carbocycles. The average Bonchev–Trinajstić information content (AvgIpc) is 3.32. The second-order valence-corrected chi connectivity index (χ2v) is 7.29. The molecule has 25 heavy (non-hydrogen) atoms. The number of hydrogen-bond acceptors (Lipinski definition) is 7. The highest BCUT2D eigenvalue weighted by Gasteiger charge is 2.41. The van der Waals surface area contributed by atoms with Gasteiger partial charge in [0.25, 0.3) is 0 Å². The molecule has 3 fully saturated rings. The van der Waals surface area contributed by atoms with Crippen molar-refractivity contribution in [3.05, 3.63) is 35.9 Å². The molecule has 1 saturated carbocycles. The number of aromatic nitrogens is 4. The summed E-state index contributed by atoms with van der Waals surface area (Å²) in [7, 11) is 0. The van der Waals surface area contributed by atoms with Gasteiger partial charge in [0.2, 0.25) is 0 Å². The zero-order chi connectivity index (χ0) is 16.8. The van der Waals surface area contributed by atoms with Crippen LogP contribution in [0.15, 0.2) is 24.7 Å². The van der Waals surface area contributed by atoms with E-state index in [1.165, 1.54) is 18.5 Å². The first-order valence-corrected chi connectivity index (χ1v) is 8.85. The fourth-order valence-electron chi connectivity index (χ4n) is 4.14. The maximum Gasteiger partial charge on any atom is 0.169 e. The molecule has 4 heterocycles. The molecule has 7 nitrogen and oxygen atoms in total. The third-order valence-corrected chi connectivity index (χ3v) is 5.60. The van der Waals surface area contributed by atoms with Crippen LogP contribution < -0.4 is 9.80 Å². The Morgan fingerprint density at radius 1 is 1.04 bits per heavy atom. The van der Waals surface area contributed by atoms with Crippen LogP contribution in [0.25, 0.3) is 0 Å². The van der Waals surface area contributed by atoms with E-state index < -0.39 is 0 Å². The number of fused-ring (bicyclic) bond motifs is 1. The minimum Gasteiger partial charge on any atom is -0.356 e. The quantitative estimate of drug-likeness (QED) is 0.843. The van der Waals surface area contributed by atoms with Gasteiger partial charge < -0.3 is 9.80 Å². The van der Waals surface area contributed by atoms with Crippen LogP contribution in [0, 0.1) is 23.2 Å². The van der Waals surface area contributed by atoms with Crippen molar-refractivity contribution >= 4 is 11.6 Å². The highest BCUT2D eigenvalue weighted by molar-refractivity contribution is 5.54. The predicted molar refractivity (Wildman–Crippen MR) is 92.2 cm³/mol. The lowest BCUT2D eigenvalue weighted by Gasteiger charge is -2.23. The lowest BCUT2D eigenvalue weighted by molar-refractivity contribution is 0.533. The molecule has 2 aromatic rings.